The van der Waals surface area contributed by atoms with Gasteiger partial charge in [0, 0.05) is 17.6 Å². The molecular formula is C13H21NO4. The lowest BCUT2D eigenvalue weighted by Crippen LogP contribution is -2.38. The maximum Gasteiger partial charge on any atom is 0.163 e. The fourth-order valence-electron chi connectivity index (χ4n) is 1.54. The van der Waals surface area contributed by atoms with Crippen LogP contribution < -0.4 is 5.32 Å². The highest BCUT2D eigenvalue weighted by atomic mass is 16.3. The van der Waals surface area contributed by atoms with Gasteiger partial charge in [-0.2, -0.15) is 0 Å². The van der Waals surface area contributed by atoms with Crippen molar-refractivity contribution in [2.75, 3.05) is 6.54 Å². The van der Waals surface area contributed by atoms with Crippen LogP contribution in [0.2, 0.25) is 0 Å². The Kier molecular flexibility index (Phi) is 4.56. The predicted molar refractivity (Wildman–Crippen MR) is 68.4 cm³/mol. The molecule has 0 saturated heterocycles. The lowest BCUT2D eigenvalue weighted by molar-refractivity contribution is 0.162. The molecule has 1 atom stereocenters. The molecule has 5 N–H and O–H groups in total. The van der Waals surface area contributed by atoms with Crippen molar-refractivity contribution in [3.63, 3.8) is 0 Å². The Balaban J connectivity index is 2.86. The molecule has 1 aromatic rings. The van der Waals surface area contributed by atoms with Crippen molar-refractivity contribution in [3.8, 4) is 11.5 Å². The molecule has 0 aliphatic heterocycles. The summed E-state index contributed by atoms with van der Waals surface area (Å²) < 4.78 is 0. The lowest BCUT2D eigenvalue weighted by atomic mass is 10.0. The van der Waals surface area contributed by atoms with Gasteiger partial charge in [-0.1, -0.05) is 0 Å². The van der Waals surface area contributed by atoms with Crippen LogP contribution in [0.4, 0.5) is 0 Å². The molecule has 1 rings (SSSR count). The first kappa shape index (κ1) is 14.8. The first-order chi connectivity index (χ1) is 8.24. The molecule has 0 radical (unpaired) electrons. The van der Waals surface area contributed by atoms with E-state index in [0.717, 1.165) is 0 Å². The van der Waals surface area contributed by atoms with Gasteiger partial charge in [0.05, 0.1) is 12.7 Å². The number of phenols is 2. The summed E-state index contributed by atoms with van der Waals surface area (Å²) in [6.07, 6.45) is -0.818. The number of aliphatic hydroxyl groups excluding tert-OH is 2. The van der Waals surface area contributed by atoms with Crippen LogP contribution in [0.3, 0.4) is 0 Å². The van der Waals surface area contributed by atoms with Crippen LogP contribution in [0, 0.1) is 0 Å². The molecule has 0 unspecified atom stereocenters. The highest BCUT2D eigenvalue weighted by molar-refractivity contribution is 5.47. The summed E-state index contributed by atoms with van der Waals surface area (Å²) in [7, 11) is 0. The zero-order valence-electron chi connectivity index (χ0n) is 10.9. The average molecular weight is 255 g/mol. The highest BCUT2D eigenvalue weighted by Crippen LogP contribution is 2.32. The van der Waals surface area contributed by atoms with E-state index in [9.17, 15) is 15.3 Å². The number of hydrogen-bond acceptors (Lipinski definition) is 5. The number of rotatable bonds is 4. The van der Waals surface area contributed by atoms with E-state index < -0.39 is 12.7 Å². The van der Waals surface area contributed by atoms with Crippen molar-refractivity contribution in [1.82, 2.24) is 5.32 Å². The average Bonchev–Trinajstić information content (AvgIpc) is 2.28. The Bertz CT molecular complexity index is 412. The van der Waals surface area contributed by atoms with E-state index in [2.05, 4.69) is 5.32 Å². The van der Waals surface area contributed by atoms with Crippen LogP contribution in [0.15, 0.2) is 12.1 Å². The molecule has 18 heavy (non-hydrogen) atoms. The van der Waals surface area contributed by atoms with Crippen LogP contribution in [0.1, 0.15) is 38.0 Å². The molecule has 0 aliphatic carbocycles. The van der Waals surface area contributed by atoms with Crippen molar-refractivity contribution < 1.29 is 20.4 Å². The predicted octanol–water partition coefficient (Wildman–Crippen LogP) is 1.01. The van der Waals surface area contributed by atoms with Gasteiger partial charge in [0.25, 0.3) is 0 Å². The largest absolute Gasteiger partial charge is 0.504 e. The second-order valence-corrected chi connectivity index (χ2v) is 5.35. The highest BCUT2D eigenvalue weighted by Gasteiger charge is 2.16. The minimum atomic E-state index is -0.818. The summed E-state index contributed by atoms with van der Waals surface area (Å²) in [6, 6.07) is 2.77. The monoisotopic (exact) mass is 255 g/mol. The van der Waals surface area contributed by atoms with Gasteiger partial charge < -0.3 is 25.7 Å². The third-order valence-corrected chi connectivity index (χ3v) is 2.57. The molecule has 0 aliphatic rings. The second-order valence-electron chi connectivity index (χ2n) is 5.35. The Labute approximate surface area is 107 Å². The van der Waals surface area contributed by atoms with Crippen LogP contribution in [-0.2, 0) is 6.61 Å². The van der Waals surface area contributed by atoms with E-state index in [1.54, 1.807) is 0 Å². The Morgan fingerprint density at radius 1 is 1.22 bits per heavy atom. The maximum atomic E-state index is 9.98. The quantitative estimate of drug-likeness (QED) is 0.518. The minimum Gasteiger partial charge on any atom is -0.504 e. The molecule has 0 fully saturated rings. The Morgan fingerprint density at radius 3 is 2.33 bits per heavy atom. The number of benzene rings is 1. The van der Waals surface area contributed by atoms with Crippen molar-refractivity contribution >= 4 is 0 Å². The number of aromatic hydroxyl groups is 2. The molecule has 0 spiro atoms. The molecule has 5 heteroatoms. The van der Waals surface area contributed by atoms with Crippen molar-refractivity contribution in [2.24, 2.45) is 0 Å². The molecule has 0 aromatic heterocycles. The van der Waals surface area contributed by atoms with Crippen LogP contribution in [0.25, 0.3) is 0 Å². The van der Waals surface area contributed by atoms with Crippen LogP contribution in [0.5, 0.6) is 11.5 Å². The number of hydrogen-bond donors (Lipinski definition) is 5. The van der Waals surface area contributed by atoms with E-state index in [1.807, 2.05) is 20.8 Å². The third kappa shape index (κ3) is 3.87. The number of nitrogens with one attached hydrogen (secondary N) is 1. The van der Waals surface area contributed by atoms with Gasteiger partial charge in [-0.15, -0.1) is 0 Å². The summed E-state index contributed by atoms with van der Waals surface area (Å²) in [5.74, 6) is -0.691. The molecule has 0 heterocycles. The first-order valence-corrected chi connectivity index (χ1v) is 5.83. The van der Waals surface area contributed by atoms with E-state index in [4.69, 9.17) is 5.11 Å². The maximum absolute atomic E-state index is 9.98. The summed E-state index contributed by atoms with van der Waals surface area (Å²) in [5, 5.41) is 41.1. The van der Waals surface area contributed by atoms with Crippen LogP contribution in [-0.4, -0.2) is 32.5 Å². The summed E-state index contributed by atoms with van der Waals surface area (Å²) in [6.45, 7) is 5.86. The molecule has 0 saturated carbocycles. The Morgan fingerprint density at radius 2 is 1.83 bits per heavy atom. The first-order valence-electron chi connectivity index (χ1n) is 5.83. The standard InChI is InChI=1S/C13H21NO4/c1-13(2,3)14-6-11(17)8-4-9(7-15)12(18)10(16)5-8/h4-5,11,14-18H,6-7H2,1-3H3/t11-/m0/s1. The second kappa shape index (κ2) is 5.56. The normalized spacial score (nSPS) is 13.6. The van der Waals surface area contributed by atoms with Gasteiger partial charge in [-0.25, -0.2) is 0 Å². The van der Waals surface area contributed by atoms with Gasteiger partial charge in [0.2, 0.25) is 0 Å². The smallest absolute Gasteiger partial charge is 0.163 e. The third-order valence-electron chi connectivity index (χ3n) is 2.57. The zero-order chi connectivity index (χ0) is 13.9. The van der Waals surface area contributed by atoms with E-state index in [0.29, 0.717) is 12.1 Å². The molecule has 1 aromatic carbocycles. The SMILES string of the molecule is CC(C)(C)NC[C@H](O)c1cc(O)c(O)c(CO)c1. The number of β-amino-alcohol motifs (C(OH)–C–C–N with tert-alkyl or cyclic N) is 1. The molecule has 0 amide bonds. The van der Waals surface area contributed by atoms with Gasteiger partial charge in [-0.3, -0.25) is 0 Å². The molecule has 102 valence electrons. The lowest BCUT2D eigenvalue weighted by Gasteiger charge is -2.23. The van der Waals surface area contributed by atoms with Crippen molar-refractivity contribution in [2.45, 2.75) is 39.0 Å². The topological polar surface area (TPSA) is 93.0 Å². The van der Waals surface area contributed by atoms with Gasteiger partial charge in [0.1, 0.15) is 0 Å². The fraction of sp³-hybridized carbons (Fsp3) is 0.538. The van der Waals surface area contributed by atoms with Gasteiger partial charge >= 0.3 is 0 Å². The molecule has 0 bridgehead atoms. The Hall–Kier alpha value is -1.30. The summed E-state index contributed by atoms with van der Waals surface area (Å²) >= 11 is 0. The number of phenolic OH excluding ortho intramolecular Hbond substituents is 1. The minimum absolute atomic E-state index is 0.125. The van der Waals surface area contributed by atoms with E-state index in [-0.39, 0.29) is 22.6 Å². The van der Waals surface area contributed by atoms with Crippen molar-refractivity contribution in [3.05, 3.63) is 23.3 Å². The fourth-order valence-corrected chi connectivity index (χ4v) is 1.54. The summed E-state index contributed by atoms with van der Waals surface area (Å²) in [5.41, 5.74) is 0.519. The van der Waals surface area contributed by atoms with E-state index in [1.165, 1.54) is 12.1 Å². The van der Waals surface area contributed by atoms with E-state index >= 15 is 0 Å². The van der Waals surface area contributed by atoms with Gasteiger partial charge in [0.15, 0.2) is 11.5 Å². The van der Waals surface area contributed by atoms with Crippen molar-refractivity contribution in [1.29, 1.82) is 0 Å². The van der Waals surface area contributed by atoms with Gasteiger partial charge in [-0.05, 0) is 38.5 Å². The van der Waals surface area contributed by atoms with Crippen LogP contribution >= 0.6 is 0 Å². The molecular weight excluding hydrogens is 234 g/mol. The summed E-state index contributed by atoms with van der Waals surface area (Å²) in [4.78, 5) is 0. The molecule has 5 nitrogen and oxygen atoms in total. The number of aliphatic hydroxyl groups is 2. The zero-order valence-corrected chi connectivity index (χ0v) is 10.9.